The molecule has 3 atom stereocenters. The van der Waals surface area contributed by atoms with Gasteiger partial charge in [-0.05, 0) is 43.3 Å². The van der Waals surface area contributed by atoms with Gasteiger partial charge in [0, 0.05) is 36.9 Å². The van der Waals surface area contributed by atoms with E-state index < -0.39 is 35.3 Å². The van der Waals surface area contributed by atoms with E-state index in [1.54, 1.807) is 11.5 Å². The number of imide groups is 1. The lowest BCUT2D eigenvalue weighted by molar-refractivity contribution is -0.202. The number of ether oxygens (including phenoxy) is 2. The third-order valence-electron chi connectivity index (χ3n) is 8.39. The zero-order chi connectivity index (χ0) is 26.5. The summed E-state index contributed by atoms with van der Waals surface area (Å²) in [7, 11) is 1.23. The quantitative estimate of drug-likeness (QED) is 0.201. The highest BCUT2D eigenvalue weighted by Crippen LogP contribution is 2.58. The number of benzene rings is 3. The van der Waals surface area contributed by atoms with E-state index in [9.17, 15) is 19.5 Å². The van der Waals surface area contributed by atoms with Crippen molar-refractivity contribution in [3.8, 4) is 0 Å². The average molecular weight is 639 g/mol. The fourth-order valence-electron chi connectivity index (χ4n) is 6.86. The Morgan fingerprint density at radius 1 is 1.03 bits per heavy atom. The number of rotatable bonds is 1. The summed E-state index contributed by atoms with van der Waals surface area (Å²) in [4.78, 5) is 39.9. The van der Waals surface area contributed by atoms with Crippen molar-refractivity contribution >= 4 is 93.3 Å². The molecule has 2 bridgehead atoms. The van der Waals surface area contributed by atoms with E-state index in [0.717, 1.165) is 19.8 Å². The summed E-state index contributed by atoms with van der Waals surface area (Å²) in [6, 6.07) is 11.2. The van der Waals surface area contributed by atoms with E-state index in [1.807, 2.05) is 41.0 Å². The van der Waals surface area contributed by atoms with Crippen LogP contribution in [0.5, 0.6) is 0 Å². The first-order chi connectivity index (χ1) is 18.1. The number of carbonyl (C=O) groups excluding carboxylic acids is 3. The molecule has 5 heterocycles. The second kappa shape index (κ2) is 6.84. The van der Waals surface area contributed by atoms with Gasteiger partial charge in [0.1, 0.15) is 6.23 Å². The summed E-state index contributed by atoms with van der Waals surface area (Å²) in [5.74, 6) is -1.78. The highest BCUT2D eigenvalue weighted by atomic mass is 79.9. The third kappa shape index (κ3) is 2.30. The van der Waals surface area contributed by atoms with E-state index in [0.29, 0.717) is 38.3 Å². The predicted molar refractivity (Wildman–Crippen MR) is 145 cm³/mol. The molecule has 2 N–H and O–H groups in total. The van der Waals surface area contributed by atoms with Crippen molar-refractivity contribution in [1.29, 1.82) is 0 Å². The molecule has 2 aromatic heterocycles. The number of fused-ring (bicyclic) bond motifs is 13. The highest BCUT2D eigenvalue weighted by Gasteiger charge is 2.66. The number of amides is 2. The van der Waals surface area contributed by atoms with Gasteiger partial charge in [-0.15, -0.1) is 0 Å². The van der Waals surface area contributed by atoms with Gasteiger partial charge in [0.2, 0.25) is 5.60 Å². The Morgan fingerprint density at radius 2 is 1.61 bits per heavy atom. The molecule has 11 heteroatoms. The Bertz CT molecular complexity index is 2030. The van der Waals surface area contributed by atoms with Gasteiger partial charge >= 0.3 is 5.97 Å². The largest absolute Gasteiger partial charge is 0.467 e. The summed E-state index contributed by atoms with van der Waals surface area (Å²) in [6.07, 6.45) is -0.845. The first-order valence-corrected chi connectivity index (χ1v) is 13.5. The van der Waals surface area contributed by atoms with Gasteiger partial charge in [0.05, 0.1) is 40.3 Å². The fourth-order valence-corrected chi connectivity index (χ4v) is 7.58. The van der Waals surface area contributed by atoms with Crippen LogP contribution in [0.1, 0.15) is 40.3 Å². The number of aliphatic hydroxyl groups is 1. The molecule has 190 valence electrons. The van der Waals surface area contributed by atoms with Crippen molar-refractivity contribution in [2.24, 2.45) is 0 Å². The number of methoxy groups -OCH3 is 1. The first kappa shape index (κ1) is 22.7. The number of carbonyl (C=O) groups is 3. The lowest BCUT2D eigenvalue weighted by atomic mass is 9.88. The van der Waals surface area contributed by atoms with Gasteiger partial charge in [0.15, 0.2) is 5.72 Å². The van der Waals surface area contributed by atoms with Crippen molar-refractivity contribution < 1.29 is 29.0 Å². The van der Waals surface area contributed by atoms with Crippen molar-refractivity contribution in [2.45, 2.75) is 30.9 Å². The summed E-state index contributed by atoms with van der Waals surface area (Å²) in [5, 5.41) is 17.1. The molecule has 0 radical (unpaired) electrons. The van der Waals surface area contributed by atoms with Crippen molar-refractivity contribution in [3.05, 3.63) is 56.5 Å². The van der Waals surface area contributed by atoms with Crippen LogP contribution in [0.15, 0.2) is 45.3 Å². The van der Waals surface area contributed by atoms with Crippen LogP contribution < -0.4 is 5.32 Å². The molecule has 0 spiro atoms. The van der Waals surface area contributed by atoms with Crippen LogP contribution in [0.4, 0.5) is 0 Å². The molecule has 5 aromatic rings. The van der Waals surface area contributed by atoms with Crippen LogP contribution in [-0.2, 0) is 20.0 Å². The van der Waals surface area contributed by atoms with E-state index in [4.69, 9.17) is 9.47 Å². The van der Waals surface area contributed by atoms with Gasteiger partial charge in [-0.2, -0.15) is 0 Å². The van der Waals surface area contributed by atoms with E-state index in [-0.39, 0.29) is 12.0 Å². The second-order valence-electron chi connectivity index (χ2n) is 10.1. The molecule has 3 aromatic carbocycles. The van der Waals surface area contributed by atoms with Crippen LogP contribution in [0.3, 0.4) is 0 Å². The third-order valence-corrected chi connectivity index (χ3v) is 9.38. The SMILES string of the molecule is COC(=O)C1(O)CC2OC1(C)n1c3ccc(Br)cc3c3c4c(c5c6cc(Br)ccc6n2c5c31)C(=O)NC4=O. The molecular weight excluding hydrogens is 622 g/mol. The number of aromatic nitrogens is 2. The van der Waals surface area contributed by atoms with Crippen molar-refractivity contribution in [2.75, 3.05) is 7.11 Å². The number of nitrogens with zero attached hydrogens (tertiary/aromatic N) is 2. The summed E-state index contributed by atoms with van der Waals surface area (Å²) >= 11 is 7.09. The minimum Gasteiger partial charge on any atom is -0.467 e. The van der Waals surface area contributed by atoms with E-state index in [1.165, 1.54) is 7.11 Å². The van der Waals surface area contributed by atoms with Gasteiger partial charge in [-0.25, -0.2) is 4.79 Å². The fraction of sp³-hybridized carbons (Fsp3) is 0.222. The van der Waals surface area contributed by atoms with Gasteiger partial charge < -0.3 is 23.7 Å². The molecule has 3 unspecified atom stereocenters. The molecule has 2 amide bonds. The zero-order valence-electron chi connectivity index (χ0n) is 19.9. The Hall–Kier alpha value is -3.25. The normalized spacial score (nSPS) is 25.7. The summed E-state index contributed by atoms with van der Waals surface area (Å²) < 4.78 is 17.1. The number of nitrogens with one attached hydrogen (secondary N) is 1. The number of esters is 1. The lowest BCUT2D eigenvalue weighted by Gasteiger charge is -2.37. The van der Waals surface area contributed by atoms with E-state index >= 15 is 0 Å². The standard InChI is InChI=1S/C27H17Br2N3O6/c1-26-27(36,25(35)37-2)9-16(38-26)31-14-5-3-10(28)7-12(14)17-19-20(24(34)30-23(19)33)18-13-8-11(29)4-6-15(13)32(26)22(18)21(17)31/h3-8,16,36H,9H2,1-2H3,(H,30,33,34). The maximum atomic E-state index is 13.4. The number of hydrogen-bond acceptors (Lipinski definition) is 6. The molecule has 3 aliphatic heterocycles. The maximum absolute atomic E-state index is 13.4. The Morgan fingerprint density at radius 3 is 2.24 bits per heavy atom. The monoisotopic (exact) mass is 637 g/mol. The van der Waals surface area contributed by atoms with Crippen LogP contribution in [0.2, 0.25) is 0 Å². The lowest BCUT2D eigenvalue weighted by Crippen LogP contribution is -2.56. The molecule has 8 rings (SSSR count). The Kier molecular flexibility index (Phi) is 4.09. The Labute approximate surface area is 230 Å². The minimum atomic E-state index is -2.05. The van der Waals surface area contributed by atoms with E-state index in [2.05, 4.69) is 37.2 Å². The van der Waals surface area contributed by atoms with Crippen molar-refractivity contribution in [1.82, 2.24) is 14.5 Å². The molecule has 1 saturated heterocycles. The molecule has 38 heavy (non-hydrogen) atoms. The molecule has 1 fully saturated rings. The first-order valence-electron chi connectivity index (χ1n) is 11.9. The van der Waals surface area contributed by atoms with Gasteiger partial charge in [-0.3, -0.25) is 14.9 Å². The van der Waals surface area contributed by atoms with Gasteiger partial charge in [0.25, 0.3) is 11.8 Å². The van der Waals surface area contributed by atoms with Crippen LogP contribution in [0, 0.1) is 0 Å². The number of hydrogen-bond donors (Lipinski definition) is 2. The van der Waals surface area contributed by atoms with Crippen molar-refractivity contribution in [3.63, 3.8) is 0 Å². The average Bonchev–Trinajstić information content (AvgIpc) is 3.53. The smallest absolute Gasteiger partial charge is 0.343 e. The minimum absolute atomic E-state index is 0.0789. The molecule has 0 saturated carbocycles. The molecule has 3 aliphatic rings. The highest BCUT2D eigenvalue weighted by molar-refractivity contribution is 9.10. The van der Waals surface area contributed by atoms with Gasteiger partial charge in [-0.1, -0.05) is 31.9 Å². The predicted octanol–water partition coefficient (Wildman–Crippen LogP) is 4.82. The second-order valence-corrected chi connectivity index (χ2v) is 12.0. The molecule has 9 nitrogen and oxygen atoms in total. The molecular formula is C27H17Br2N3O6. The summed E-state index contributed by atoms with van der Waals surface area (Å²) in [6.45, 7) is 1.67. The topological polar surface area (TPSA) is 112 Å². The Balaban J connectivity index is 1.75. The molecule has 0 aliphatic carbocycles. The number of halogens is 2. The van der Waals surface area contributed by atoms with Crippen LogP contribution in [-0.4, -0.2) is 44.7 Å². The maximum Gasteiger partial charge on any atom is 0.343 e. The van der Waals surface area contributed by atoms with Crippen LogP contribution >= 0.6 is 31.9 Å². The summed E-state index contributed by atoms with van der Waals surface area (Å²) in [5.41, 5.74) is -0.404. The zero-order valence-corrected chi connectivity index (χ0v) is 23.1. The van der Waals surface area contributed by atoms with Crippen LogP contribution in [0.25, 0.3) is 43.6 Å².